The Balaban J connectivity index is 1.64. The zero-order valence-electron chi connectivity index (χ0n) is 12.6. The number of thioether (sulfide) groups is 1. The molecule has 2 amide bonds. The number of hydroxylamine groups is 2. The zero-order chi connectivity index (χ0) is 16.9. The Morgan fingerprint density at radius 2 is 1.83 bits per heavy atom. The monoisotopic (exact) mass is 347 g/mol. The van der Waals surface area contributed by atoms with Gasteiger partial charge in [0, 0.05) is 4.90 Å². The first-order valence-electron chi connectivity index (χ1n) is 7.21. The highest BCUT2D eigenvalue weighted by Crippen LogP contribution is 2.28. The predicted molar refractivity (Wildman–Crippen MR) is 85.1 cm³/mol. The molecule has 2 aromatic rings. The second-order valence-corrected chi connectivity index (χ2v) is 6.14. The average Bonchev–Trinajstić information content (AvgIpc) is 2.60. The molecular weight excluding hydrogens is 333 g/mol. The van der Waals surface area contributed by atoms with Gasteiger partial charge in [-0.3, -0.25) is 14.4 Å². The largest absolute Gasteiger partial charge is 0.347 e. The molecule has 1 aliphatic rings. The van der Waals surface area contributed by atoms with E-state index in [9.17, 15) is 14.0 Å². The number of halogens is 1. The lowest BCUT2D eigenvalue weighted by atomic mass is 10.2. The van der Waals surface area contributed by atoms with E-state index in [0.29, 0.717) is 4.90 Å². The molecule has 0 spiro atoms. The van der Waals surface area contributed by atoms with Gasteiger partial charge >= 0.3 is 0 Å². The lowest BCUT2D eigenvalue weighted by molar-refractivity contribution is -0.215. The molecule has 0 aliphatic carbocycles. The van der Waals surface area contributed by atoms with Crippen LogP contribution in [0.5, 0.6) is 0 Å². The van der Waals surface area contributed by atoms with Crippen LogP contribution < -0.4 is 0 Å². The highest BCUT2D eigenvalue weighted by Gasteiger charge is 2.37. The van der Waals surface area contributed by atoms with Crippen LogP contribution in [-0.2, 0) is 25.8 Å². The molecule has 1 fully saturated rings. The number of amides is 2. The molecular formula is C17H14FNO4S. The summed E-state index contributed by atoms with van der Waals surface area (Å²) in [6.45, 7) is -0.147. The second-order valence-electron chi connectivity index (χ2n) is 5.00. The normalized spacial score (nSPS) is 18.0. The molecule has 24 heavy (non-hydrogen) atoms. The maximum atomic E-state index is 12.9. The van der Waals surface area contributed by atoms with Crippen LogP contribution in [0.3, 0.4) is 0 Å². The zero-order valence-corrected chi connectivity index (χ0v) is 13.4. The van der Waals surface area contributed by atoms with Crippen molar-refractivity contribution in [2.24, 2.45) is 0 Å². The van der Waals surface area contributed by atoms with Crippen molar-refractivity contribution < 1.29 is 23.6 Å². The fourth-order valence-electron chi connectivity index (χ4n) is 2.07. The highest BCUT2D eigenvalue weighted by molar-refractivity contribution is 8.00. The summed E-state index contributed by atoms with van der Waals surface area (Å²) >= 11 is 1.10. The molecule has 1 atom stereocenters. The van der Waals surface area contributed by atoms with Crippen molar-refractivity contribution in [3.63, 3.8) is 0 Å². The van der Waals surface area contributed by atoms with E-state index in [-0.39, 0.29) is 19.0 Å². The van der Waals surface area contributed by atoms with Gasteiger partial charge in [-0.1, -0.05) is 42.1 Å². The van der Waals surface area contributed by atoms with Gasteiger partial charge in [-0.2, -0.15) is 0 Å². The van der Waals surface area contributed by atoms with Gasteiger partial charge in [0.1, 0.15) is 19.0 Å². The van der Waals surface area contributed by atoms with E-state index in [1.807, 2.05) is 30.3 Å². The third kappa shape index (κ3) is 4.00. The lowest BCUT2D eigenvalue weighted by Gasteiger charge is -2.29. The van der Waals surface area contributed by atoms with E-state index in [1.165, 1.54) is 12.1 Å². The van der Waals surface area contributed by atoms with Crippen LogP contribution in [0.1, 0.15) is 5.56 Å². The number of benzene rings is 2. The number of hydrogen-bond donors (Lipinski definition) is 0. The lowest BCUT2D eigenvalue weighted by Crippen LogP contribution is -2.49. The SMILES string of the molecule is O=C1COC(Sc2ccc(F)cc2)C(=O)N1OCc1ccccc1. The number of imide groups is 1. The van der Waals surface area contributed by atoms with E-state index in [1.54, 1.807) is 12.1 Å². The van der Waals surface area contributed by atoms with Crippen LogP contribution in [0, 0.1) is 5.82 Å². The second kappa shape index (κ2) is 7.57. The van der Waals surface area contributed by atoms with Crippen molar-refractivity contribution in [2.75, 3.05) is 6.61 Å². The van der Waals surface area contributed by atoms with Gasteiger partial charge in [-0.05, 0) is 29.8 Å². The van der Waals surface area contributed by atoms with Gasteiger partial charge in [0.25, 0.3) is 11.8 Å². The van der Waals surface area contributed by atoms with Crippen LogP contribution in [0.15, 0.2) is 59.5 Å². The van der Waals surface area contributed by atoms with Crippen LogP contribution in [0.2, 0.25) is 0 Å². The molecule has 0 radical (unpaired) electrons. The van der Waals surface area contributed by atoms with Crippen molar-refractivity contribution >= 4 is 23.6 Å². The summed E-state index contributed by atoms with van der Waals surface area (Å²) < 4.78 is 18.2. The summed E-state index contributed by atoms with van der Waals surface area (Å²) in [7, 11) is 0. The van der Waals surface area contributed by atoms with Crippen molar-refractivity contribution in [1.29, 1.82) is 0 Å². The molecule has 2 aromatic carbocycles. The minimum atomic E-state index is -0.913. The molecule has 1 unspecified atom stereocenters. The van der Waals surface area contributed by atoms with Crippen LogP contribution in [0.25, 0.3) is 0 Å². The Morgan fingerprint density at radius 3 is 2.54 bits per heavy atom. The van der Waals surface area contributed by atoms with Gasteiger partial charge in [-0.25, -0.2) is 4.39 Å². The fraction of sp³-hybridized carbons (Fsp3) is 0.176. The Labute approximate surface area is 142 Å². The Kier molecular flexibility index (Phi) is 5.24. The topological polar surface area (TPSA) is 55.8 Å². The van der Waals surface area contributed by atoms with Crippen molar-refractivity contribution in [3.8, 4) is 0 Å². The van der Waals surface area contributed by atoms with Crippen molar-refractivity contribution in [1.82, 2.24) is 5.06 Å². The fourth-order valence-corrected chi connectivity index (χ4v) is 2.94. The Bertz CT molecular complexity index is 723. The van der Waals surface area contributed by atoms with E-state index in [4.69, 9.17) is 9.57 Å². The third-order valence-electron chi connectivity index (χ3n) is 3.25. The van der Waals surface area contributed by atoms with Crippen LogP contribution in [-0.4, -0.2) is 28.9 Å². The van der Waals surface area contributed by atoms with E-state index in [0.717, 1.165) is 22.4 Å². The van der Waals surface area contributed by atoms with Crippen LogP contribution >= 0.6 is 11.8 Å². The molecule has 0 N–H and O–H groups in total. The molecule has 0 aromatic heterocycles. The minimum Gasteiger partial charge on any atom is -0.347 e. The maximum Gasteiger partial charge on any atom is 0.293 e. The van der Waals surface area contributed by atoms with Gasteiger partial charge in [0.2, 0.25) is 0 Å². The summed E-state index contributed by atoms with van der Waals surface area (Å²) in [4.78, 5) is 30.3. The predicted octanol–water partition coefficient (Wildman–Crippen LogP) is 2.76. The summed E-state index contributed by atoms with van der Waals surface area (Å²) in [5, 5.41) is 0.748. The first kappa shape index (κ1) is 16.6. The number of nitrogens with zero attached hydrogens (tertiary/aromatic N) is 1. The summed E-state index contributed by atoms with van der Waals surface area (Å²) in [5.41, 5.74) is -0.0729. The first-order chi connectivity index (χ1) is 11.6. The highest BCUT2D eigenvalue weighted by atomic mass is 32.2. The molecule has 0 bridgehead atoms. The van der Waals surface area contributed by atoms with Crippen LogP contribution in [0.4, 0.5) is 4.39 Å². The molecule has 1 aliphatic heterocycles. The summed E-state index contributed by atoms with van der Waals surface area (Å²) in [5.74, 6) is -1.50. The van der Waals surface area contributed by atoms with Gasteiger partial charge in [-0.15, -0.1) is 5.06 Å². The van der Waals surface area contributed by atoms with E-state index >= 15 is 0 Å². The number of morpholine rings is 1. The first-order valence-corrected chi connectivity index (χ1v) is 8.09. The number of rotatable bonds is 5. The number of carbonyl (C=O) groups excluding carboxylic acids is 2. The van der Waals surface area contributed by atoms with Gasteiger partial charge in [0.15, 0.2) is 5.44 Å². The van der Waals surface area contributed by atoms with Gasteiger partial charge < -0.3 is 4.74 Å². The smallest absolute Gasteiger partial charge is 0.293 e. The Hall–Kier alpha value is -2.22. The van der Waals surface area contributed by atoms with E-state index in [2.05, 4.69) is 0 Å². The summed E-state index contributed by atoms with van der Waals surface area (Å²) in [6.07, 6.45) is 0. The molecule has 7 heteroatoms. The molecule has 124 valence electrons. The molecule has 5 nitrogen and oxygen atoms in total. The van der Waals surface area contributed by atoms with E-state index < -0.39 is 17.3 Å². The Morgan fingerprint density at radius 1 is 1.12 bits per heavy atom. The quantitative estimate of drug-likeness (QED) is 0.779. The summed E-state index contributed by atoms with van der Waals surface area (Å²) in [6, 6.07) is 14.9. The molecule has 0 saturated carbocycles. The maximum absolute atomic E-state index is 12.9. The molecule has 1 saturated heterocycles. The van der Waals surface area contributed by atoms with Crippen molar-refractivity contribution in [2.45, 2.75) is 16.9 Å². The third-order valence-corrected chi connectivity index (χ3v) is 4.34. The standard InChI is InChI=1S/C17H14FNO4S/c18-13-6-8-14(9-7-13)24-17-16(21)19(15(20)11-22-17)23-10-12-4-2-1-3-5-12/h1-9,17H,10-11H2. The minimum absolute atomic E-state index is 0.103. The average molecular weight is 347 g/mol. The number of hydrogen-bond acceptors (Lipinski definition) is 5. The number of ether oxygens (including phenoxy) is 1. The van der Waals surface area contributed by atoms with Crippen molar-refractivity contribution in [3.05, 3.63) is 66.0 Å². The number of carbonyl (C=O) groups is 2. The van der Waals surface area contributed by atoms with Gasteiger partial charge in [0.05, 0.1) is 0 Å². The molecule has 3 rings (SSSR count). The molecule has 1 heterocycles.